The Hall–Kier alpha value is -1.52. The monoisotopic (exact) mass is 264 g/mol. The van der Waals surface area contributed by atoms with E-state index in [9.17, 15) is 0 Å². The Kier molecular flexibility index (Phi) is 4.12. The zero-order valence-electron chi connectivity index (χ0n) is 12.4. The molecule has 1 aromatic heterocycles. The van der Waals surface area contributed by atoms with Gasteiger partial charge in [0.15, 0.2) is 11.6 Å². The van der Waals surface area contributed by atoms with Crippen LogP contribution in [0, 0.1) is 5.41 Å². The molecular weight excluding hydrogens is 240 g/mol. The summed E-state index contributed by atoms with van der Waals surface area (Å²) in [6, 6.07) is 0. The maximum atomic E-state index is 5.52. The van der Waals surface area contributed by atoms with Gasteiger partial charge in [0, 0.05) is 19.6 Å². The van der Waals surface area contributed by atoms with Gasteiger partial charge in [-0.1, -0.05) is 13.8 Å². The molecule has 1 aliphatic rings. The Morgan fingerprint density at radius 1 is 1.42 bits per heavy atom. The number of hydrogen-bond donors (Lipinski definition) is 1. The normalized spacial score (nSPS) is 18.2. The van der Waals surface area contributed by atoms with Crippen molar-refractivity contribution in [3.05, 3.63) is 6.33 Å². The highest BCUT2D eigenvalue weighted by molar-refractivity contribution is 5.64. The van der Waals surface area contributed by atoms with Crippen LogP contribution in [0.25, 0.3) is 0 Å². The molecule has 1 saturated heterocycles. The highest BCUT2D eigenvalue weighted by Crippen LogP contribution is 2.37. The zero-order chi connectivity index (χ0) is 13.9. The quantitative estimate of drug-likeness (QED) is 0.905. The molecule has 5 nitrogen and oxygen atoms in total. The number of ether oxygens (including phenoxy) is 1. The van der Waals surface area contributed by atoms with Crippen molar-refractivity contribution in [2.24, 2.45) is 5.41 Å². The van der Waals surface area contributed by atoms with Crippen molar-refractivity contribution >= 4 is 11.6 Å². The first-order valence-electron chi connectivity index (χ1n) is 6.95. The summed E-state index contributed by atoms with van der Waals surface area (Å²) in [7, 11) is 1.68. The highest BCUT2D eigenvalue weighted by atomic mass is 16.5. The van der Waals surface area contributed by atoms with E-state index >= 15 is 0 Å². The number of aromatic nitrogens is 2. The Labute approximate surface area is 115 Å². The first kappa shape index (κ1) is 13.9. The van der Waals surface area contributed by atoms with Crippen molar-refractivity contribution in [2.45, 2.75) is 33.6 Å². The van der Waals surface area contributed by atoms with Crippen molar-refractivity contribution < 1.29 is 4.74 Å². The van der Waals surface area contributed by atoms with Gasteiger partial charge in [-0.15, -0.1) is 0 Å². The molecule has 2 heterocycles. The predicted octanol–water partition coefficient (Wildman–Crippen LogP) is 2.54. The minimum atomic E-state index is 0.326. The SMILES string of the molecule is CCNc1ncnc(N2CCCC(C)(C)C2)c1OC. The summed E-state index contributed by atoms with van der Waals surface area (Å²) in [5.41, 5.74) is 0.326. The Morgan fingerprint density at radius 2 is 2.21 bits per heavy atom. The average molecular weight is 264 g/mol. The van der Waals surface area contributed by atoms with Crippen LogP contribution in [0.15, 0.2) is 6.33 Å². The predicted molar refractivity (Wildman–Crippen MR) is 78.0 cm³/mol. The van der Waals surface area contributed by atoms with E-state index in [2.05, 4.69) is 34.0 Å². The fraction of sp³-hybridized carbons (Fsp3) is 0.714. The summed E-state index contributed by atoms with van der Waals surface area (Å²) < 4.78 is 5.52. The lowest BCUT2D eigenvalue weighted by molar-refractivity contribution is 0.290. The second kappa shape index (κ2) is 5.63. The van der Waals surface area contributed by atoms with Gasteiger partial charge < -0.3 is 15.0 Å². The summed E-state index contributed by atoms with van der Waals surface area (Å²) in [4.78, 5) is 11.0. The number of nitrogens with one attached hydrogen (secondary N) is 1. The number of nitrogens with zero attached hydrogens (tertiary/aromatic N) is 3. The first-order valence-corrected chi connectivity index (χ1v) is 6.95. The molecule has 0 unspecified atom stereocenters. The molecule has 2 rings (SSSR count). The second-order valence-corrected chi connectivity index (χ2v) is 5.80. The molecule has 106 valence electrons. The minimum Gasteiger partial charge on any atom is -0.490 e. The van der Waals surface area contributed by atoms with E-state index in [0.717, 1.165) is 37.0 Å². The second-order valence-electron chi connectivity index (χ2n) is 5.80. The van der Waals surface area contributed by atoms with E-state index in [1.807, 2.05) is 6.92 Å². The van der Waals surface area contributed by atoms with Crippen LogP contribution >= 0.6 is 0 Å². The van der Waals surface area contributed by atoms with E-state index in [1.165, 1.54) is 12.8 Å². The molecule has 0 radical (unpaired) electrons. The van der Waals surface area contributed by atoms with Crippen LogP contribution in [-0.4, -0.2) is 36.7 Å². The Bertz CT molecular complexity index is 433. The lowest BCUT2D eigenvalue weighted by Crippen LogP contribution is -2.40. The third-order valence-electron chi connectivity index (χ3n) is 3.53. The third kappa shape index (κ3) is 3.08. The summed E-state index contributed by atoms with van der Waals surface area (Å²) >= 11 is 0. The molecule has 19 heavy (non-hydrogen) atoms. The summed E-state index contributed by atoms with van der Waals surface area (Å²) in [6.45, 7) is 9.51. The van der Waals surface area contributed by atoms with E-state index in [1.54, 1.807) is 13.4 Å². The summed E-state index contributed by atoms with van der Waals surface area (Å²) in [5.74, 6) is 2.43. The van der Waals surface area contributed by atoms with Crippen LogP contribution in [0.5, 0.6) is 5.75 Å². The van der Waals surface area contributed by atoms with Crippen LogP contribution in [-0.2, 0) is 0 Å². The molecule has 0 bridgehead atoms. The summed E-state index contributed by atoms with van der Waals surface area (Å²) in [5, 5.41) is 3.22. The van der Waals surface area contributed by atoms with Gasteiger partial charge in [-0.05, 0) is 25.2 Å². The van der Waals surface area contributed by atoms with Gasteiger partial charge in [-0.2, -0.15) is 0 Å². The molecule has 1 fully saturated rings. The van der Waals surface area contributed by atoms with Crippen LogP contribution in [0.3, 0.4) is 0 Å². The molecule has 0 spiro atoms. The van der Waals surface area contributed by atoms with Crippen molar-refractivity contribution in [1.82, 2.24) is 9.97 Å². The van der Waals surface area contributed by atoms with E-state index in [-0.39, 0.29) is 0 Å². The third-order valence-corrected chi connectivity index (χ3v) is 3.53. The fourth-order valence-corrected chi connectivity index (χ4v) is 2.68. The van der Waals surface area contributed by atoms with E-state index < -0.39 is 0 Å². The highest BCUT2D eigenvalue weighted by Gasteiger charge is 2.29. The van der Waals surface area contributed by atoms with Crippen LogP contribution < -0.4 is 15.0 Å². The fourth-order valence-electron chi connectivity index (χ4n) is 2.68. The van der Waals surface area contributed by atoms with Crippen molar-refractivity contribution in [2.75, 3.05) is 37.0 Å². The first-order chi connectivity index (χ1) is 9.07. The van der Waals surface area contributed by atoms with Gasteiger partial charge in [-0.3, -0.25) is 0 Å². The van der Waals surface area contributed by atoms with Crippen LogP contribution in [0.1, 0.15) is 33.6 Å². The number of methoxy groups -OCH3 is 1. The maximum absolute atomic E-state index is 5.52. The molecule has 1 aromatic rings. The van der Waals surface area contributed by atoms with Crippen LogP contribution in [0.4, 0.5) is 11.6 Å². The molecule has 1 aliphatic heterocycles. The average Bonchev–Trinajstić information content (AvgIpc) is 2.37. The Balaban J connectivity index is 2.30. The molecule has 0 aromatic carbocycles. The molecule has 0 saturated carbocycles. The van der Waals surface area contributed by atoms with Gasteiger partial charge >= 0.3 is 0 Å². The molecule has 1 N–H and O–H groups in total. The zero-order valence-corrected chi connectivity index (χ0v) is 12.4. The minimum absolute atomic E-state index is 0.326. The molecule has 0 amide bonds. The lowest BCUT2D eigenvalue weighted by atomic mass is 9.84. The van der Waals surface area contributed by atoms with Crippen LogP contribution in [0.2, 0.25) is 0 Å². The van der Waals surface area contributed by atoms with Crippen molar-refractivity contribution in [1.29, 1.82) is 0 Å². The van der Waals surface area contributed by atoms with Gasteiger partial charge in [0.05, 0.1) is 7.11 Å². The molecule has 0 aliphatic carbocycles. The topological polar surface area (TPSA) is 50.3 Å². The van der Waals surface area contributed by atoms with Gasteiger partial charge in [0.2, 0.25) is 5.75 Å². The van der Waals surface area contributed by atoms with Gasteiger partial charge in [0.25, 0.3) is 0 Å². The lowest BCUT2D eigenvalue weighted by Gasteiger charge is -2.39. The largest absolute Gasteiger partial charge is 0.490 e. The van der Waals surface area contributed by atoms with E-state index in [0.29, 0.717) is 5.41 Å². The smallest absolute Gasteiger partial charge is 0.204 e. The maximum Gasteiger partial charge on any atom is 0.204 e. The molecule has 0 atom stereocenters. The molecular formula is C14H24N4O. The number of piperidine rings is 1. The van der Waals surface area contributed by atoms with Gasteiger partial charge in [0.1, 0.15) is 6.33 Å². The Morgan fingerprint density at radius 3 is 2.84 bits per heavy atom. The number of hydrogen-bond acceptors (Lipinski definition) is 5. The van der Waals surface area contributed by atoms with E-state index in [4.69, 9.17) is 4.74 Å². The summed E-state index contributed by atoms with van der Waals surface area (Å²) in [6.07, 6.45) is 4.06. The van der Waals surface area contributed by atoms with Crippen molar-refractivity contribution in [3.63, 3.8) is 0 Å². The molecule has 5 heteroatoms. The van der Waals surface area contributed by atoms with Gasteiger partial charge in [-0.25, -0.2) is 9.97 Å². The number of anilines is 2. The standard InChI is InChI=1S/C14H24N4O/c1-5-15-12-11(19-4)13(17-10-16-12)18-8-6-7-14(2,3)9-18/h10H,5-9H2,1-4H3,(H,15,16,17). The number of rotatable bonds is 4. The van der Waals surface area contributed by atoms with Crippen molar-refractivity contribution in [3.8, 4) is 5.75 Å².